The van der Waals surface area contributed by atoms with Crippen LogP contribution in [0.2, 0.25) is 0 Å². The van der Waals surface area contributed by atoms with Crippen LogP contribution in [0, 0.1) is 11.8 Å². The normalized spacial score (nSPS) is 28.5. The van der Waals surface area contributed by atoms with Gasteiger partial charge in [-0.1, -0.05) is 27.7 Å². The van der Waals surface area contributed by atoms with Gasteiger partial charge in [0.15, 0.2) is 0 Å². The average Bonchev–Trinajstić information content (AvgIpc) is 2.50. The van der Waals surface area contributed by atoms with Crippen LogP contribution in [-0.4, -0.2) is 30.8 Å². The Balaban J connectivity index is 0.000000671. The summed E-state index contributed by atoms with van der Waals surface area (Å²) in [6.07, 6.45) is 2.27. The molecular weight excluding hydrogens is 162 g/mol. The monoisotopic (exact) mass is 185 g/mol. The Hall–Kier alpha value is -0.370. The van der Waals surface area contributed by atoms with Crippen LogP contribution in [-0.2, 0) is 4.79 Å². The highest BCUT2D eigenvalue weighted by atomic mass is 16.1. The van der Waals surface area contributed by atoms with Crippen LogP contribution in [0.5, 0.6) is 0 Å². The van der Waals surface area contributed by atoms with Gasteiger partial charge in [-0.2, -0.15) is 0 Å². The first-order valence-electron chi connectivity index (χ1n) is 5.32. The standard InChI is InChI=1S/C9H17NO.C2H6/c1-7(2)8-4-5-10(3)9(8)6-11;1-2/h6-9H,4-5H2,1-3H3;1-2H3. The van der Waals surface area contributed by atoms with Gasteiger partial charge in [-0.15, -0.1) is 0 Å². The number of likely N-dealkylation sites (N-methyl/N-ethyl adjacent to an activating group) is 1. The highest BCUT2D eigenvalue weighted by Gasteiger charge is 2.32. The third-order valence-electron chi connectivity index (χ3n) is 2.76. The predicted octanol–water partition coefficient (Wildman–Crippen LogP) is 2.19. The van der Waals surface area contributed by atoms with E-state index in [1.54, 1.807) is 0 Å². The van der Waals surface area contributed by atoms with Crippen molar-refractivity contribution in [3.05, 3.63) is 0 Å². The molecular formula is C11H23NO. The molecule has 0 aromatic rings. The molecule has 78 valence electrons. The molecule has 0 aromatic heterocycles. The summed E-state index contributed by atoms with van der Waals surface area (Å²) in [5.74, 6) is 1.22. The van der Waals surface area contributed by atoms with Crippen molar-refractivity contribution in [1.29, 1.82) is 0 Å². The molecule has 1 rings (SSSR count). The number of hydrogen-bond donors (Lipinski definition) is 0. The summed E-state index contributed by atoms with van der Waals surface area (Å²) < 4.78 is 0. The first-order valence-corrected chi connectivity index (χ1v) is 5.32. The van der Waals surface area contributed by atoms with E-state index >= 15 is 0 Å². The van der Waals surface area contributed by atoms with Crippen LogP contribution in [0.15, 0.2) is 0 Å². The molecule has 2 nitrogen and oxygen atoms in total. The molecule has 0 aromatic carbocycles. The summed E-state index contributed by atoms with van der Waals surface area (Å²) in [7, 11) is 2.03. The number of nitrogens with zero attached hydrogens (tertiary/aromatic N) is 1. The van der Waals surface area contributed by atoms with Crippen LogP contribution < -0.4 is 0 Å². The largest absolute Gasteiger partial charge is 0.302 e. The maximum absolute atomic E-state index is 10.7. The quantitative estimate of drug-likeness (QED) is 0.615. The number of likely N-dealkylation sites (tertiary alicyclic amines) is 1. The molecule has 0 radical (unpaired) electrons. The lowest BCUT2D eigenvalue weighted by atomic mass is 9.89. The molecule has 2 atom stereocenters. The fourth-order valence-electron chi connectivity index (χ4n) is 1.93. The van der Waals surface area contributed by atoms with E-state index < -0.39 is 0 Å². The molecule has 0 saturated carbocycles. The molecule has 0 N–H and O–H groups in total. The zero-order chi connectivity index (χ0) is 10.4. The SMILES string of the molecule is CC.CC(C)C1CCN(C)C1C=O. The van der Waals surface area contributed by atoms with Crippen molar-refractivity contribution in [2.24, 2.45) is 11.8 Å². The molecule has 1 saturated heterocycles. The Morgan fingerprint density at radius 1 is 1.38 bits per heavy atom. The third-order valence-corrected chi connectivity index (χ3v) is 2.76. The first-order chi connectivity index (χ1) is 6.16. The molecule has 2 unspecified atom stereocenters. The van der Waals surface area contributed by atoms with E-state index in [1.807, 2.05) is 20.9 Å². The zero-order valence-corrected chi connectivity index (χ0v) is 9.58. The summed E-state index contributed by atoms with van der Waals surface area (Å²) in [4.78, 5) is 12.8. The molecule has 0 bridgehead atoms. The van der Waals surface area contributed by atoms with Gasteiger partial charge in [0, 0.05) is 0 Å². The summed E-state index contributed by atoms with van der Waals surface area (Å²) >= 11 is 0. The summed E-state index contributed by atoms with van der Waals surface area (Å²) in [6.45, 7) is 9.47. The lowest BCUT2D eigenvalue weighted by molar-refractivity contribution is -0.112. The van der Waals surface area contributed by atoms with E-state index in [1.165, 1.54) is 6.42 Å². The van der Waals surface area contributed by atoms with Gasteiger partial charge in [-0.3, -0.25) is 4.90 Å². The van der Waals surface area contributed by atoms with E-state index in [2.05, 4.69) is 18.7 Å². The smallest absolute Gasteiger partial charge is 0.137 e. The molecule has 2 heteroatoms. The van der Waals surface area contributed by atoms with Gasteiger partial charge in [0.2, 0.25) is 0 Å². The van der Waals surface area contributed by atoms with Gasteiger partial charge in [0.05, 0.1) is 6.04 Å². The maximum atomic E-state index is 10.7. The summed E-state index contributed by atoms with van der Waals surface area (Å²) in [5, 5.41) is 0. The lowest BCUT2D eigenvalue weighted by Gasteiger charge is -2.21. The van der Waals surface area contributed by atoms with Crippen LogP contribution in [0.25, 0.3) is 0 Å². The molecule has 0 spiro atoms. The average molecular weight is 185 g/mol. The van der Waals surface area contributed by atoms with Crippen molar-refractivity contribution in [1.82, 2.24) is 4.90 Å². The van der Waals surface area contributed by atoms with Crippen molar-refractivity contribution in [2.75, 3.05) is 13.6 Å². The Labute approximate surface area is 82.3 Å². The van der Waals surface area contributed by atoms with Crippen LogP contribution in [0.4, 0.5) is 0 Å². The van der Waals surface area contributed by atoms with E-state index in [9.17, 15) is 4.79 Å². The molecule has 1 fully saturated rings. The minimum Gasteiger partial charge on any atom is -0.302 e. The van der Waals surface area contributed by atoms with Gasteiger partial charge >= 0.3 is 0 Å². The van der Waals surface area contributed by atoms with E-state index in [0.717, 1.165) is 12.8 Å². The second-order valence-electron chi connectivity index (χ2n) is 3.80. The zero-order valence-electron chi connectivity index (χ0n) is 9.58. The van der Waals surface area contributed by atoms with Gasteiger partial charge in [-0.25, -0.2) is 0 Å². The Bertz CT molecular complexity index is 145. The predicted molar refractivity (Wildman–Crippen MR) is 56.8 cm³/mol. The second kappa shape index (κ2) is 6.14. The molecule has 0 aliphatic carbocycles. The number of carbonyl (C=O) groups excluding carboxylic acids is 1. The van der Waals surface area contributed by atoms with Crippen molar-refractivity contribution < 1.29 is 4.79 Å². The van der Waals surface area contributed by atoms with Crippen molar-refractivity contribution in [3.8, 4) is 0 Å². The number of rotatable bonds is 2. The number of hydrogen-bond acceptors (Lipinski definition) is 2. The Morgan fingerprint density at radius 3 is 2.23 bits per heavy atom. The minimum absolute atomic E-state index is 0.176. The second-order valence-corrected chi connectivity index (χ2v) is 3.80. The fourth-order valence-corrected chi connectivity index (χ4v) is 1.93. The molecule has 13 heavy (non-hydrogen) atoms. The van der Waals surface area contributed by atoms with Crippen LogP contribution in [0.3, 0.4) is 0 Å². The highest BCUT2D eigenvalue weighted by Crippen LogP contribution is 2.27. The molecule has 0 amide bonds. The van der Waals surface area contributed by atoms with Crippen molar-refractivity contribution in [3.63, 3.8) is 0 Å². The van der Waals surface area contributed by atoms with Gasteiger partial charge in [-0.05, 0) is 31.8 Å². The topological polar surface area (TPSA) is 20.3 Å². The number of aldehydes is 1. The maximum Gasteiger partial charge on any atom is 0.137 e. The van der Waals surface area contributed by atoms with Gasteiger partial charge < -0.3 is 4.79 Å². The van der Waals surface area contributed by atoms with E-state index in [-0.39, 0.29) is 6.04 Å². The van der Waals surface area contributed by atoms with Crippen LogP contribution >= 0.6 is 0 Å². The summed E-state index contributed by atoms with van der Waals surface area (Å²) in [6, 6.07) is 0.176. The van der Waals surface area contributed by atoms with Gasteiger partial charge in [0.25, 0.3) is 0 Å². The molecule has 1 heterocycles. The highest BCUT2D eigenvalue weighted by molar-refractivity contribution is 5.58. The lowest BCUT2D eigenvalue weighted by Crippen LogP contribution is -2.32. The van der Waals surface area contributed by atoms with E-state index in [0.29, 0.717) is 11.8 Å². The Morgan fingerprint density at radius 2 is 1.92 bits per heavy atom. The number of carbonyl (C=O) groups is 1. The first kappa shape index (κ1) is 12.6. The van der Waals surface area contributed by atoms with Gasteiger partial charge in [0.1, 0.15) is 6.29 Å². The van der Waals surface area contributed by atoms with Crippen molar-refractivity contribution >= 4 is 6.29 Å². The third kappa shape index (κ3) is 3.11. The molecule has 1 aliphatic heterocycles. The van der Waals surface area contributed by atoms with Crippen LogP contribution in [0.1, 0.15) is 34.1 Å². The minimum atomic E-state index is 0.176. The fraction of sp³-hybridized carbons (Fsp3) is 0.909. The summed E-state index contributed by atoms with van der Waals surface area (Å²) in [5.41, 5.74) is 0. The Kier molecular flexibility index (Phi) is 5.97. The van der Waals surface area contributed by atoms with E-state index in [4.69, 9.17) is 0 Å². The molecule has 1 aliphatic rings. The van der Waals surface area contributed by atoms with Crippen molar-refractivity contribution in [2.45, 2.75) is 40.2 Å².